The van der Waals surface area contributed by atoms with Crippen LogP contribution in [0.2, 0.25) is 0 Å². The van der Waals surface area contributed by atoms with Crippen molar-refractivity contribution in [1.29, 1.82) is 0 Å². The minimum Gasteiger partial charge on any atom is -0.358 e. The molecule has 0 radical (unpaired) electrons. The number of aryl methyl sites for hydroxylation is 1. The van der Waals surface area contributed by atoms with Crippen molar-refractivity contribution >= 4 is 10.9 Å². The number of aromatic nitrogens is 1. The minimum atomic E-state index is 0.118. The normalized spacial score (nSPS) is 11.2. The molecule has 0 unspecified atom stereocenters. The molecule has 0 bridgehead atoms. The molecule has 84 valence electrons. The molecule has 0 aliphatic rings. The summed E-state index contributed by atoms with van der Waals surface area (Å²) in [5.74, 6) is 0.349. The van der Waals surface area contributed by atoms with Crippen LogP contribution in [0.3, 0.4) is 0 Å². The molecule has 2 heteroatoms. The lowest BCUT2D eigenvalue weighted by Crippen LogP contribution is -2.07. The number of rotatable bonds is 2. The van der Waals surface area contributed by atoms with Crippen molar-refractivity contribution in [2.24, 2.45) is 0 Å². The van der Waals surface area contributed by atoms with Crippen LogP contribution in [-0.4, -0.2) is 4.98 Å². The zero-order valence-electron chi connectivity index (χ0n) is 10.0. The van der Waals surface area contributed by atoms with Crippen molar-refractivity contribution in [3.05, 3.63) is 45.7 Å². The molecule has 1 aromatic carbocycles. The van der Waals surface area contributed by atoms with Crippen LogP contribution in [0.25, 0.3) is 10.9 Å². The van der Waals surface area contributed by atoms with Gasteiger partial charge in [-0.1, -0.05) is 32.9 Å². The average Bonchev–Trinajstić information content (AvgIpc) is 2.28. The first-order valence-electron chi connectivity index (χ1n) is 5.78. The van der Waals surface area contributed by atoms with Crippen LogP contribution in [0.15, 0.2) is 29.1 Å². The number of para-hydroxylation sites is 1. The third-order valence-electron chi connectivity index (χ3n) is 2.98. The Morgan fingerprint density at radius 2 is 2.06 bits per heavy atom. The second-order valence-corrected chi connectivity index (χ2v) is 4.44. The van der Waals surface area contributed by atoms with Gasteiger partial charge in [0.2, 0.25) is 0 Å². The maximum absolute atomic E-state index is 12.0. The molecule has 2 rings (SSSR count). The quantitative estimate of drug-likeness (QED) is 0.819. The third-order valence-corrected chi connectivity index (χ3v) is 2.98. The van der Waals surface area contributed by atoms with E-state index in [1.54, 1.807) is 6.07 Å². The number of hydrogen-bond acceptors (Lipinski definition) is 1. The zero-order valence-corrected chi connectivity index (χ0v) is 10.0. The highest BCUT2D eigenvalue weighted by atomic mass is 16.1. The monoisotopic (exact) mass is 215 g/mol. The summed E-state index contributed by atoms with van der Waals surface area (Å²) in [6, 6.07) is 7.62. The van der Waals surface area contributed by atoms with Gasteiger partial charge in [0.1, 0.15) is 0 Å². The lowest BCUT2D eigenvalue weighted by Gasteiger charge is -2.09. The smallest absolute Gasteiger partial charge is 0.189 e. The van der Waals surface area contributed by atoms with Gasteiger partial charge in [0.25, 0.3) is 0 Å². The predicted molar refractivity (Wildman–Crippen MR) is 68.0 cm³/mol. The first kappa shape index (κ1) is 10.9. The Morgan fingerprint density at radius 1 is 1.31 bits per heavy atom. The van der Waals surface area contributed by atoms with Gasteiger partial charge in [-0.3, -0.25) is 4.79 Å². The molecule has 16 heavy (non-hydrogen) atoms. The van der Waals surface area contributed by atoms with Gasteiger partial charge in [0, 0.05) is 17.1 Å². The van der Waals surface area contributed by atoms with E-state index in [9.17, 15) is 4.79 Å². The molecule has 0 aliphatic heterocycles. The molecule has 1 N–H and O–H groups in total. The van der Waals surface area contributed by atoms with Crippen molar-refractivity contribution in [3.8, 4) is 0 Å². The Hall–Kier alpha value is -1.57. The number of nitrogens with one attached hydrogen (secondary N) is 1. The van der Waals surface area contributed by atoms with Gasteiger partial charge in [0.05, 0.1) is 5.52 Å². The van der Waals surface area contributed by atoms with Crippen molar-refractivity contribution in [2.45, 2.75) is 33.1 Å². The van der Waals surface area contributed by atoms with E-state index < -0.39 is 0 Å². The van der Waals surface area contributed by atoms with Crippen LogP contribution in [0.4, 0.5) is 0 Å². The van der Waals surface area contributed by atoms with Crippen molar-refractivity contribution < 1.29 is 0 Å². The Balaban J connectivity index is 2.83. The van der Waals surface area contributed by atoms with Gasteiger partial charge >= 0.3 is 0 Å². The maximum atomic E-state index is 12.0. The summed E-state index contributed by atoms with van der Waals surface area (Å²) in [6.45, 7) is 6.28. The molecule has 0 spiro atoms. The first-order valence-corrected chi connectivity index (χ1v) is 5.78. The van der Waals surface area contributed by atoms with Gasteiger partial charge in [-0.2, -0.15) is 0 Å². The van der Waals surface area contributed by atoms with E-state index in [-0.39, 0.29) is 5.43 Å². The summed E-state index contributed by atoms with van der Waals surface area (Å²) in [5.41, 5.74) is 3.34. The van der Waals surface area contributed by atoms with Crippen LogP contribution >= 0.6 is 0 Å². The molecule has 0 atom stereocenters. The van der Waals surface area contributed by atoms with E-state index in [1.807, 2.05) is 12.1 Å². The zero-order chi connectivity index (χ0) is 11.7. The molecule has 0 amide bonds. The first-order chi connectivity index (χ1) is 7.63. The standard InChI is InChI=1S/C14H17NO/c1-4-10-6-5-7-11-13(16)8-12(9(2)3)15-14(10)11/h5-9H,4H2,1-3H3,(H,15,16). The highest BCUT2D eigenvalue weighted by Gasteiger charge is 2.07. The minimum absolute atomic E-state index is 0.118. The largest absolute Gasteiger partial charge is 0.358 e. The van der Waals surface area contributed by atoms with E-state index in [2.05, 4.69) is 31.8 Å². The van der Waals surface area contributed by atoms with Gasteiger partial charge in [-0.15, -0.1) is 0 Å². The second kappa shape index (κ2) is 4.12. The van der Waals surface area contributed by atoms with Gasteiger partial charge in [0.15, 0.2) is 5.43 Å². The number of benzene rings is 1. The van der Waals surface area contributed by atoms with Crippen LogP contribution in [-0.2, 0) is 6.42 Å². The summed E-state index contributed by atoms with van der Waals surface area (Å²) in [5, 5.41) is 0.795. The van der Waals surface area contributed by atoms with Crippen molar-refractivity contribution in [1.82, 2.24) is 4.98 Å². The predicted octanol–water partition coefficient (Wildman–Crippen LogP) is 3.21. The molecule has 0 saturated heterocycles. The highest BCUT2D eigenvalue weighted by molar-refractivity contribution is 5.81. The Morgan fingerprint density at radius 3 is 2.69 bits per heavy atom. The van der Waals surface area contributed by atoms with E-state index in [1.165, 1.54) is 5.56 Å². The summed E-state index contributed by atoms with van der Waals surface area (Å²) in [4.78, 5) is 15.3. The summed E-state index contributed by atoms with van der Waals surface area (Å²) >= 11 is 0. The van der Waals surface area contributed by atoms with Crippen LogP contribution in [0.5, 0.6) is 0 Å². The van der Waals surface area contributed by atoms with Gasteiger partial charge < -0.3 is 4.98 Å². The van der Waals surface area contributed by atoms with E-state index in [0.717, 1.165) is 23.0 Å². The van der Waals surface area contributed by atoms with E-state index in [4.69, 9.17) is 0 Å². The lowest BCUT2D eigenvalue weighted by atomic mass is 10.0. The topological polar surface area (TPSA) is 32.9 Å². The number of hydrogen-bond donors (Lipinski definition) is 1. The molecular formula is C14H17NO. The molecule has 2 nitrogen and oxygen atoms in total. The van der Waals surface area contributed by atoms with Crippen molar-refractivity contribution in [2.75, 3.05) is 0 Å². The molecule has 0 aliphatic carbocycles. The number of H-pyrrole nitrogens is 1. The fourth-order valence-electron chi connectivity index (χ4n) is 1.96. The Labute approximate surface area is 95.3 Å². The van der Waals surface area contributed by atoms with Crippen LogP contribution in [0.1, 0.15) is 37.9 Å². The number of pyridine rings is 1. The molecule has 1 heterocycles. The van der Waals surface area contributed by atoms with Gasteiger partial charge in [-0.25, -0.2) is 0 Å². The highest BCUT2D eigenvalue weighted by Crippen LogP contribution is 2.18. The Bertz CT molecular complexity index is 566. The van der Waals surface area contributed by atoms with Crippen molar-refractivity contribution in [3.63, 3.8) is 0 Å². The molecule has 2 aromatic rings. The lowest BCUT2D eigenvalue weighted by molar-refractivity contribution is 0.827. The maximum Gasteiger partial charge on any atom is 0.189 e. The average molecular weight is 215 g/mol. The SMILES string of the molecule is CCc1cccc2c(=O)cc(C(C)C)[nH]c12. The molecular weight excluding hydrogens is 198 g/mol. The fraction of sp³-hybridized carbons (Fsp3) is 0.357. The fourth-order valence-corrected chi connectivity index (χ4v) is 1.96. The number of fused-ring (bicyclic) bond motifs is 1. The Kier molecular flexibility index (Phi) is 2.82. The van der Waals surface area contributed by atoms with Crippen LogP contribution < -0.4 is 5.43 Å². The van der Waals surface area contributed by atoms with Crippen LogP contribution in [0, 0.1) is 0 Å². The summed E-state index contributed by atoms with van der Waals surface area (Å²) < 4.78 is 0. The van der Waals surface area contributed by atoms with E-state index >= 15 is 0 Å². The molecule has 0 fully saturated rings. The van der Waals surface area contributed by atoms with E-state index in [0.29, 0.717) is 5.92 Å². The summed E-state index contributed by atoms with van der Waals surface area (Å²) in [6.07, 6.45) is 0.939. The van der Waals surface area contributed by atoms with Gasteiger partial charge in [-0.05, 0) is 24.0 Å². The third kappa shape index (κ3) is 1.75. The molecule has 1 aromatic heterocycles. The molecule has 0 saturated carbocycles. The number of aromatic amines is 1. The summed E-state index contributed by atoms with van der Waals surface area (Å²) in [7, 11) is 0. The second-order valence-electron chi connectivity index (χ2n) is 4.44.